The van der Waals surface area contributed by atoms with E-state index in [2.05, 4.69) is 41.3 Å². The number of rotatable bonds is 4. The fourth-order valence-electron chi connectivity index (χ4n) is 3.38. The number of nitrogens with zero attached hydrogens (tertiary/aromatic N) is 4. The third kappa shape index (κ3) is 3.85. The molecule has 3 rings (SSSR count). The molecule has 26 heavy (non-hydrogen) atoms. The predicted octanol–water partition coefficient (Wildman–Crippen LogP) is 1.38. The van der Waals surface area contributed by atoms with Gasteiger partial charge in [-0.05, 0) is 44.0 Å². The molecule has 0 aliphatic carbocycles. The van der Waals surface area contributed by atoms with Crippen LogP contribution in [0.5, 0.6) is 0 Å². The summed E-state index contributed by atoms with van der Waals surface area (Å²) in [5.74, 6) is -0.102. The molecule has 6 heteroatoms. The first-order valence-corrected chi connectivity index (χ1v) is 8.91. The van der Waals surface area contributed by atoms with Crippen LogP contribution in [0.3, 0.4) is 0 Å². The van der Waals surface area contributed by atoms with E-state index in [1.165, 1.54) is 21.9 Å². The minimum atomic E-state index is -0.237. The highest BCUT2D eigenvalue weighted by Gasteiger charge is 2.25. The van der Waals surface area contributed by atoms with E-state index in [-0.39, 0.29) is 24.1 Å². The molecule has 1 atom stereocenters. The van der Waals surface area contributed by atoms with Crippen molar-refractivity contribution in [2.45, 2.75) is 39.4 Å². The normalized spacial score (nSPS) is 17.0. The lowest BCUT2D eigenvalue weighted by Crippen LogP contribution is -2.47. The molecule has 2 aromatic rings. The number of aromatic nitrogens is 2. The summed E-state index contributed by atoms with van der Waals surface area (Å²) in [5, 5.41) is 4.23. The van der Waals surface area contributed by atoms with Crippen molar-refractivity contribution in [1.29, 1.82) is 0 Å². The molecular formula is C20H26N4O2. The maximum Gasteiger partial charge on any atom is 0.267 e. The fourth-order valence-corrected chi connectivity index (χ4v) is 3.38. The van der Waals surface area contributed by atoms with E-state index >= 15 is 0 Å². The molecule has 0 fully saturated rings. The summed E-state index contributed by atoms with van der Waals surface area (Å²) in [4.78, 5) is 28.6. The first-order valence-electron chi connectivity index (χ1n) is 8.91. The Kier molecular flexibility index (Phi) is 5.23. The number of carbonyl (C=O) groups is 1. The fraction of sp³-hybridized carbons (Fsp3) is 0.450. The van der Waals surface area contributed by atoms with Crippen LogP contribution in [-0.2, 0) is 24.3 Å². The molecule has 1 aromatic heterocycles. The van der Waals surface area contributed by atoms with Gasteiger partial charge in [-0.3, -0.25) is 14.5 Å². The average Bonchev–Trinajstić information content (AvgIpc) is 2.60. The molecule has 0 saturated heterocycles. The van der Waals surface area contributed by atoms with Crippen LogP contribution in [0.1, 0.15) is 22.4 Å². The summed E-state index contributed by atoms with van der Waals surface area (Å²) in [6.07, 6.45) is 0.923. The highest BCUT2D eigenvalue weighted by Crippen LogP contribution is 2.22. The van der Waals surface area contributed by atoms with E-state index in [4.69, 9.17) is 0 Å². The van der Waals surface area contributed by atoms with Crippen LogP contribution in [0.25, 0.3) is 0 Å². The second-order valence-corrected chi connectivity index (χ2v) is 7.22. The van der Waals surface area contributed by atoms with Crippen LogP contribution < -0.4 is 5.56 Å². The van der Waals surface area contributed by atoms with Crippen molar-refractivity contribution in [3.8, 4) is 0 Å². The zero-order valence-electron chi connectivity index (χ0n) is 15.9. The Bertz CT molecular complexity index is 874. The van der Waals surface area contributed by atoms with Crippen LogP contribution in [-0.4, -0.2) is 52.2 Å². The van der Waals surface area contributed by atoms with Gasteiger partial charge in [0, 0.05) is 32.2 Å². The summed E-state index contributed by atoms with van der Waals surface area (Å²) in [6.45, 7) is 5.18. The van der Waals surface area contributed by atoms with Gasteiger partial charge in [0.05, 0.1) is 5.69 Å². The van der Waals surface area contributed by atoms with Crippen molar-refractivity contribution < 1.29 is 4.79 Å². The van der Waals surface area contributed by atoms with E-state index in [1.807, 2.05) is 13.8 Å². The Morgan fingerprint density at radius 3 is 2.69 bits per heavy atom. The third-order valence-corrected chi connectivity index (χ3v) is 5.25. The number of amides is 1. The minimum absolute atomic E-state index is 0.0243. The quantitative estimate of drug-likeness (QED) is 0.832. The average molecular weight is 354 g/mol. The van der Waals surface area contributed by atoms with E-state index in [0.717, 1.165) is 24.2 Å². The number of benzene rings is 1. The summed E-state index contributed by atoms with van der Waals surface area (Å²) < 4.78 is 1.25. The monoisotopic (exact) mass is 354 g/mol. The molecule has 0 saturated carbocycles. The predicted molar refractivity (Wildman–Crippen MR) is 101 cm³/mol. The highest BCUT2D eigenvalue weighted by molar-refractivity contribution is 5.75. The lowest BCUT2D eigenvalue weighted by atomic mass is 9.94. The Balaban J connectivity index is 1.66. The van der Waals surface area contributed by atoms with Crippen molar-refractivity contribution in [2.24, 2.45) is 0 Å². The van der Waals surface area contributed by atoms with Gasteiger partial charge in [0.2, 0.25) is 5.91 Å². The molecule has 138 valence electrons. The topological polar surface area (TPSA) is 58.4 Å². The Hall–Kier alpha value is -2.47. The second kappa shape index (κ2) is 7.41. The Morgan fingerprint density at radius 1 is 1.27 bits per heavy atom. The summed E-state index contributed by atoms with van der Waals surface area (Å²) in [7, 11) is 3.89. The number of likely N-dealkylation sites (N-methyl/N-ethyl adjacent to an activating group) is 2. The van der Waals surface area contributed by atoms with E-state index in [0.29, 0.717) is 6.54 Å². The van der Waals surface area contributed by atoms with E-state index in [9.17, 15) is 9.59 Å². The minimum Gasteiger partial charge on any atom is -0.343 e. The third-order valence-electron chi connectivity index (χ3n) is 5.25. The molecule has 6 nitrogen and oxygen atoms in total. The molecule has 0 bridgehead atoms. The lowest BCUT2D eigenvalue weighted by Gasteiger charge is -2.36. The van der Waals surface area contributed by atoms with Crippen LogP contribution in [0.2, 0.25) is 0 Å². The second-order valence-electron chi connectivity index (χ2n) is 7.22. The van der Waals surface area contributed by atoms with Crippen molar-refractivity contribution in [3.63, 3.8) is 0 Å². The van der Waals surface area contributed by atoms with Gasteiger partial charge in [0.15, 0.2) is 0 Å². The zero-order chi connectivity index (χ0) is 18.8. The first kappa shape index (κ1) is 18.3. The number of hydrogen-bond acceptors (Lipinski definition) is 4. The molecule has 1 aliphatic rings. The molecule has 2 heterocycles. The van der Waals surface area contributed by atoms with Gasteiger partial charge < -0.3 is 4.90 Å². The van der Waals surface area contributed by atoms with Crippen molar-refractivity contribution in [1.82, 2.24) is 19.6 Å². The molecule has 1 aromatic carbocycles. The SMILES string of the molecule is Cc1cc(=O)n(CC(=O)N(C)C[C@H]2Cc3ccccc3CN2C)nc1C. The molecule has 0 N–H and O–H groups in total. The number of hydrogen-bond donors (Lipinski definition) is 0. The van der Waals surface area contributed by atoms with Crippen molar-refractivity contribution in [2.75, 3.05) is 20.6 Å². The zero-order valence-corrected chi connectivity index (χ0v) is 15.9. The maximum absolute atomic E-state index is 12.6. The Morgan fingerprint density at radius 2 is 1.96 bits per heavy atom. The molecule has 0 spiro atoms. The van der Waals surface area contributed by atoms with Crippen LogP contribution in [0, 0.1) is 13.8 Å². The Labute approximate surface area is 154 Å². The summed E-state index contributed by atoms with van der Waals surface area (Å²) in [6, 6.07) is 10.2. The maximum atomic E-state index is 12.6. The van der Waals surface area contributed by atoms with Crippen molar-refractivity contribution in [3.05, 3.63) is 63.1 Å². The number of carbonyl (C=O) groups excluding carboxylic acids is 1. The van der Waals surface area contributed by atoms with Crippen LogP contribution in [0.15, 0.2) is 35.1 Å². The standard InChI is InChI=1S/C20H26N4O2/c1-14-9-19(25)24(21-15(14)2)13-20(26)23(4)12-18-10-16-7-5-6-8-17(16)11-22(18)3/h5-9,18H,10-13H2,1-4H3/t18-/m1/s1. The molecule has 1 amide bonds. The smallest absolute Gasteiger partial charge is 0.267 e. The highest BCUT2D eigenvalue weighted by atomic mass is 16.2. The van der Waals surface area contributed by atoms with Gasteiger partial charge in [-0.1, -0.05) is 24.3 Å². The van der Waals surface area contributed by atoms with Gasteiger partial charge in [0.1, 0.15) is 6.54 Å². The van der Waals surface area contributed by atoms with Gasteiger partial charge in [0.25, 0.3) is 5.56 Å². The van der Waals surface area contributed by atoms with Gasteiger partial charge in [-0.25, -0.2) is 4.68 Å². The summed E-state index contributed by atoms with van der Waals surface area (Å²) >= 11 is 0. The summed E-state index contributed by atoms with van der Waals surface area (Å²) in [5.41, 5.74) is 4.08. The van der Waals surface area contributed by atoms with Gasteiger partial charge in [-0.15, -0.1) is 0 Å². The van der Waals surface area contributed by atoms with E-state index in [1.54, 1.807) is 11.9 Å². The number of aryl methyl sites for hydroxylation is 2. The van der Waals surface area contributed by atoms with Crippen LogP contribution >= 0.6 is 0 Å². The molecule has 1 aliphatic heterocycles. The van der Waals surface area contributed by atoms with Crippen molar-refractivity contribution >= 4 is 5.91 Å². The molecular weight excluding hydrogens is 328 g/mol. The van der Waals surface area contributed by atoms with E-state index < -0.39 is 0 Å². The molecule has 0 unspecified atom stereocenters. The van der Waals surface area contributed by atoms with Gasteiger partial charge in [-0.2, -0.15) is 5.10 Å². The van der Waals surface area contributed by atoms with Gasteiger partial charge >= 0.3 is 0 Å². The lowest BCUT2D eigenvalue weighted by molar-refractivity contribution is -0.131. The van der Waals surface area contributed by atoms with Crippen LogP contribution in [0.4, 0.5) is 0 Å². The molecule has 0 radical (unpaired) electrons. The first-order chi connectivity index (χ1) is 12.3. The number of fused-ring (bicyclic) bond motifs is 1. The largest absolute Gasteiger partial charge is 0.343 e.